The molecule has 0 amide bonds. The first-order valence-corrected chi connectivity index (χ1v) is 3.67. The number of aromatic nitrogens is 2. The second-order valence-electron chi connectivity index (χ2n) is 2.14. The van der Waals surface area contributed by atoms with Crippen molar-refractivity contribution in [2.75, 3.05) is 0 Å². The van der Waals surface area contributed by atoms with Crippen molar-refractivity contribution >= 4 is 17.7 Å². The number of rotatable bonds is 1. The molecule has 1 heterocycles. The number of allylic oxidation sites excluding steroid dienone is 1. The molecule has 0 fully saturated rings. The fourth-order valence-electron chi connectivity index (χ4n) is 0.739. The minimum absolute atomic E-state index is 0.224. The van der Waals surface area contributed by atoms with E-state index in [4.69, 9.17) is 16.9 Å². The highest BCUT2D eigenvalue weighted by Crippen LogP contribution is 2.08. The number of aryl methyl sites for hydroxylation is 1. The van der Waals surface area contributed by atoms with Gasteiger partial charge in [0.05, 0.1) is 6.07 Å². The molecule has 0 saturated heterocycles. The molecule has 0 N–H and O–H groups in total. The van der Waals surface area contributed by atoms with E-state index in [-0.39, 0.29) is 5.28 Å². The Hall–Kier alpha value is -1.40. The first kappa shape index (κ1) is 8.69. The number of hydrogen-bond donors (Lipinski definition) is 0. The Morgan fingerprint density at radius 3 is 3.00 bits per heavy atom. The molecule has 0 aromatic carbocycles. The Labute approximate surface area is 75.3 Å². The molecule has 1 rings (SSSR count). The molecule has 60 valence electrons. The predicted molar refractivity (Wildman–Crippen MR) is 46.4 cm³/mol. The fourth-order valence-corrected chi connectivity index (χ4v) is 0.914. The van der Waals surface area contributed by atoms with Crippen LogP contribution in [0.1, 0.15) is 11.3 Å². The molecule has 0 bridgehead atoms. The third kappa shape index (κ3) is 2.04. The van der Waals surface area contributed by atoms with Crippen molar-refractivity contribution in [2.45, 2.75) is 6.92 Å². The number of nitriles is 1. The van der Waals surface area contributed by atoms with Gasteiger partial charge in [-0.3, -0.25) is 0 Å². The van der Waals surface area contributed by atoms with Gasteiger partial charge in [-0.2, -0.15) is 5.26 Å². The molecule has 0 spiro atoms. The van der Waals surface area contributed by atoms with Crippen molar-refractivity contribution < 1.29 is 0 Å². The van der Waals surface area contributed by atoms with Gasteiger partial charge in [-0.05, 0) is 24.6 Å². The van der Waals surface area contributed by atoms with Gasteiger partial charge in [0.15, 0.2) is 0 Å². The highest BCUT2D eigenvalue weighted by atomic mass is 35.5. The van der Waals surface area contributed by atoms with E-state index in [9.17, 15) is 0 Å². The first-order valence-electron chi connectivity index (χ1n) is 3.29. The molecule has 0 aliphatic rings. The summed E-state index contributed by atoms with van der Waals surface area (Å²) in [4.78, 5) is 7.71. The Balaban J connectivity index is 3.03. The van der Waals surface area contributed by atoms with Crippen molar-refractivity contribution in [3.8, 4) is 6.07 Å². The minimum Gasteiger partial charge on any atom is -0.226 e. The Kier molecular flexibility index (Phi) is 2.78. The van der Waals surface area contributed by atoms with Gasteiger partial charge in [-0.15, -0.1) is 0 Å². The summed E-state index contributed by atoms with van der Waals surface area (Å²) in [6.07, 6.45) is 4.60. The van der Waals surface area contributed by atoms with Gasteiger partial charge in [0.25, 0.3) is 0 Å². The molecule has 1 aromatic rings. The van der Waals surface area contributed by atoms with Crippen LogP contribution >= 0.6 is 11.6 Å². The highest BCUT2D eigenvalue weighted by Gasteiger charge is 1.96. The summed E-state index contributed by atoms with van der Waals surface area (Å²) in [5.74, 6) is 0. The number of hydrogen-bond acceptors (Lipinski definition) is 3. The lowest BCUT2D eigenvalue weighted by molar-refractivity contribution is 1.09. The Morgan fingerprint density at radius 1 is 1.67 bits per heavy atom. The number of nitrogens with zero attached hydrogens (tertiary/aromatic N) is 3. The van der Waals surface area contributed by atoms with E-state index >= 15 is 0 Å². The van der Waals surface area contributed by atoms with Crippen molar-refractivity contribution in [2.24, 2.45) is 0 Å². The van der Waals surface area contributed by atoms with Crippen LogP contribution in [0.2, 0.25) is 5.28 Å². The molecule has 12 heavy (non-hydrogen) atoms. The van der Waals surface area contributed by atoms with Gasteiger partial charge < -0.3 is 0 Å². The van der Waals surface area contributed by atoms with Gasteiger partial charge in [0.1, 0.15) is 0 Å². The molecule has 1 aromatic heterocycles. The summed E-state index contributed by atoms with van der Waals surface area (Å²) in [6.45, 7) is 1.81. The van der Waals surface area contributed by atoms with E-state index < -0.39 is 0 Å². The summed E-state index contributed by atoms with van der Waals surface area (Å²) in [6, 6.07) is 1.89. The average molecular weight is 180 g/mol. The van der Waals surface area contributed by atoms with E-state index in [0.29, 0.717) is 0 Å². The van der Waals surface area contributed by atoms with E-state index in [1.54, 1.807) is 12.3 Å². The van der Waals surface area contributed by atoms with Gasteiger partial charge in [0, 0.05) is 23.5 Å². The summed E-state index contributed by atoms with van der Waals surface area (Å²) >= 11 is 5.54. The van der Waals surface area contributed by atoms with Crippen LogP contribution in [-0.2, 0) is 0 Å². The molecule has 0 unspecified atom stereocenters. The Morgan fingerprint density at radius 2 is 2.42 bits per heavy atom. The first-order chi connectivity index (χ1) is 5.74. The second kappa shape index (κ2) is 3.84. The predicted octanol–water partition coefficient (Wildman–Crippen LogP) is 1.98. The molecule has 0 atom stereocenters. The zero-order chi connectivity index (χ0) is 8.97. The van der Waals surface area contributed by atoms with E-state index in [0.717, 1.165) is 11.3 Å². The Bertz CT molecular complexity index is 352. The highest BCUT2D eigenvalue weighted by molar-refractivity contribution is 6.28. The zero-order valence-corrected chi connectivity index (χ0v) is 7.21. The maximum Gasteiger partial charge on any atom is 0.222 e. The quantitative estimate of drug-likeness (QED) is 0.489. The molecular weight excluding hydrogens is 174 g/mol. The second-order valence-corrected chi connectivity index (χ2v) is 2.48. The molecule has 4 heteroatoms. The van der Waals surface area contributed by atoms with Crippen LogP contribution in [0.15, 0.2) is 12.3 Å². The van der Waals surface area contributed by atoms with Crippen molar-refractivity contribution in [3.63, 3.8) is 0 Å². The van der Waals surface area contributed by atoms with Crippen LogP contribution in [0.25, 0.3) is 6.08 Å². The summed E-state index contributed by atoms with van der Waals surface area (Å²) in [5, 5.41) is 8.49. The van der Waals surface area contributed by atoms with Crippen molar-refractivity contribution in [1.82, 2.24) is 9.97 Å². The lowest BCUT2D eigenvalue weighted by atomic mass is 10.2. The monoisotopic (exact) mass is 179 g/mol. The van der Waals surface area contributed by atoms with Crippen LogP contribution in [0, 0.1) is 18.3 Å². The van der Waals surface area contributed by atoms with Crippen LogP contribution in [-0.4, -0.2) is 9.97 Å². The van der Waals surface area contributed by atoms with Gasteiger partial charge in [-0.25, -0.2) is 9.97 Å². The molecule has 0 aliphatic heterocycles. The summed E-state index contributed by atoms with van der Waals surface area (Å²) in [7, 11) is 0. The topological polar surface area (TPSA) is 49.6 Å². The van der Waals surface area contributed by atoms with Crippen LogP contribution in [0.4, 0.5) is 0 Å². The van der Waals surface area contributed by atoms with Crippen molar-refractivity contribution in [1.29, 1.82) is 5.26 Å². The lowest BCUT2D eigenvalue weighted by Gasteiger charge is -1.96. The average Bonchev–Trinajstić information content (AvgIpc) is 2.03. The third-order valence-corrected chi connectivity index (χ3v) is 1.51. The van der Waals surface area contributed by atoms with Gasteiger partial charge in [0.2, 0.25) is 5.28 Å². The summed E-state index contributed by atoms with van der Waals surface area (Å²) in [5.41, 5.74) is 1.57. The molecule has 0 saturated carbocycles. The minimum atomic E-state index is 0.224. The molecular formula is C8H6ClN3. The van der Waals surface area contributed by atoms with Crippen LogP contribution in [0.5, 0.6) is 0 Å². The smallest absolute Gasteiger partial charge is 0.222 e. The molecule has 3 nitrogen and oxygen atoms in total. The lowest BCUT2D eigenvalue weighted by Crippen LogP contribution is -1.89. The maximum atomic E-state index is 8.27. The van der Waals surface area contributed by atoms with Gasteiger partial charge >= 0.3 is 0 Å². The van der Waals surface area contributed by atoms with Crippen molar-refractivity contribution in [3.05, 3.63) is 28.8 Å². The van der Waals surface area contributed by atoms with Crippen LogP contribution in [0.3, 0.4) is 0 Å². The summed E-state index contributed by atoms with van der Waals surface area (Å²) < 4.78 is 0. The largest absolute Gasteiger partial charge is 0.226 e. The normalized spacial score (nSPS) is 10.1. The standard InChI is InChI=1S/C8H6ClN3/c1-6-7(3-2-4-10)5-11-8(9)12-6/h2-3,5H,1H3. The maximum absolute atomic E-state index is 8.27. The van der Waals surface area contributed by atoms with E-state index in [2.05, 4.69) is 9.97 Å². The van der Waals surface area contributed by atoms with Crippen LogP contribution < -0.4 is 0 Å². The SMILES string of the molecule is Cc1nc(Cl)ncc1C=CC#N. The fraction of sp³-hybridized carbons (Fsp3) is 0.125. The van der Waals surface area contributed by atoms with Gasteiger partial charge in [-0.1, -0.05) is 0 Å². The zero-order valence-electron chi connectivity index (χ0n) is 6.45. The molecule has 0 aliphatic carbocycles. The van der Waals surface area contributed by atoms with E-state index in [1.165, 1.54) is 6.08 Å². The third-order valence-electron chi connectivity index (χ3n) is 1.33. The molecule has 0 radical (unpaired) electrons. The number of halogens is 1. The van der Waals surface area contributed by atoms with E-state index in [1.807, 2.05) is 13.0 Å².